The lowest BCUT2D eigenvalue weighted by atomic mass is 9.94. The summed E-state index contributed by atoms with van der Waals surface area (Å²) in [4.78, 5) is 32.0. The van der Waals surface area contributed by atoms with E-state index < -0.39 is 6.10 Å². The van der Waals surface area contributed by atoms with Crippen LogP contribution >= 0.6 is 24.8 Å². The number of rotatable bonds is 9. The van der Waals surface area contributed by atoms with Crippen LogP contribution in [0.25, 0.3) is 10.8 Å². The molecule has 2 aliphatic heterocycles. The van der Waals surface area contributed by atoms with E-state index in [1.165, 1.54) is 4.90 Å². The lowest BCUT2D eigenvalue weighted by molar-refractivity contribution is 0.0416. The van der Waals surface area contributed by atoms with Gasteiger partial charge in [0.15, 0.2) is 0 Å². The molecule has 3 aromatic rings. The minimum atomic E-state index is -0.603. The first-order chi connectivity index (χ1) is 17.5. The molecule has 1 N–H and O–H groups in total. The third kappa shape index (κ3) is 6.39. The molecular formula is C28H33Cl2N3O5. The van der Waals surface area contributed by atoms with E-state index in [0.717, 1.165) is 37.0 Å². The minimum Gasteiger partial charge on any atom is -0.497 e. The largest absolute Gasteiger partial charge is 0.497 e. The highest BCUT2D eigenvalue weighted by Gasteiger charge is 2.33. The molecule has 1 saturated heterocycles. The van der Waals surface area contributed by atoms with Crippen LogP contribution in [0.3, 0.4) is 0 Å². The summed E-state index contributed by atoms with van der Waals surface area (Å²) in [5.74, 6) is 0.940. The first kappa shape index (κ1) is 29.7. The maximum Gasteiger partial charge on any atom is 0.261 e. The SMILES string of the molecule is COc1cccc(OCC(O)CN2CCN(CCN3C(=O)c4cccc5cccc(c45)C3=O)CC2)c1.Cl.Cl. The summed E-state index contributed by atoms with van der Waals surface area (Å²) in [5, 5.41) is 12.1. The highest BCUT2D eigenvalue weighted by atomic mass is 35.5. The van der Waals surface area contributed by atoms with Crippen LogP contribution < -0.4 is 9.47 Å². The number of imide groups is 1. The number of nitrogens with zero attached hydrogens (tertiary/aromatic N) is 3. The summed E-state index contributed by atoms with van der Waals surface area (Å²) in [5.41, 5.74) is 1.19. The Morgan fingerprint density at radius 1 is 0.816 bits per heavy atom. The summed E-state index contributed by atoms with van der Waals surface area (Å²) in [6, 6.07) is 18.5. The lowest BCUT2D eigenvalue weighted by Gasteiger charge is -2.36. The molecule has 0 aromatic heterocycles. The number of carbonyl (C=O) groups is 2. The van der Waals surface area contributed by atoms with Crippen molar-refractivity contribution in [1.82, 2.24) is 14.7 Å². The third-order valence-electron chi connectivity index (χ3n) is 6.91. The van der Waals surface area contributed by atoms with Crippen LogP contribution in [-0.2, 0) is 0 Å². The van der Waals surface area contributed by atoms with E-state index in [4.69, 9.17) is 9.47 Å². The van der Waals surface area contributed by atoms with Crippen LogP contribution in [0.2, 0.25) is 0 Å². The number of aliphatic hydroxyl groups is 1. The Bertz CT molecular complexity index is 1220. The van der Waals surface area contributed by atoms with Gasteiger partial charge in [0.1, 0.15) is 24.2 Å². The second kappa shape index (κ2) is 13.3. The molecule has 0 radical (unpaired) electrons. The molecule has 1 unspecified atom stereocenters. The average molecular weight is 562 g/mol. The van der Waals surface area contributed by atoms with Crippen molar-refractivity contribution in [2.24, 2.45) is 0 Å². The molecule has 2 aliphatic rings. The maximum absolute atomic E-state index is 13.1. The van der Waals surface area contributed by atoms with Gasteiger partial charge >= 0.3 is 0 Å². The molecule has 1 atom stereocenters. The summed E-state index contributed by atoms with van der Waals surface area (Å²) in [6.45, 7) is 4.96. The topological polar surface area (TPSA) is 82.6 Å². The minimum absolute atomic E-state index is 0. The second-order valence-corrected chi connectivity index (χ2v) is 9.26. The number of halogens is 2. The zero-order chi connectivity index (χ0) is 25.1. The predicted molar refractivity (Wildman–Crippen MR) is 151 cm³/mol. The van der Waals surface area contributed by atoms with Gasteiger partial charge in [0.25, 0.3) is 11.8 Å². The molecular weight excluding hydrogens is 529 g/mol. The molecule has 2 heterocycles. The van der Waals surface area contributed by atoms with E-state index in [2.05, 4.69) is 9.80 Å². The van der Waals surface area contributed by atoms with Gasteiger partial charge in [-0.05, 0) is 29.7 Å². The van der Waals surface area contributed by atoms with Crippen LogP contribution in [0, 0.1) is 0 Å². The van der Waals surface area contributed by atoms with Crippen molar-refractivity contribution in [2.45, 2.75) is 6.10 Å². The zero-order valence-corrected chi connectivity index (χ0v) is 22.9. The van der Waals surface area contributed by atoms with Crippen molar-refractivity contribution in [3.8, 4) is 11.5 Å². The molecule has 3 aromatic carbocycles. The quantitative estimate of drug-likeness (QED) is 0.401. The van der Waals surface area contributed by atoms with Gasteiger partial charge in [-0.3, -0.25) is 24.3 Å². The van der Waals surface area contributed by atoms with E-state index >= 15 is 0 Å². The first-order valence-electron chi connectivity index (χ1n) is 12.3. The second-order valence-electron chi connectivity index (χ2n) is 9.26. The van der Waals surface area contributed by atoms with Gasteiger partial charge in [-0.1, -0.05) is 30.3 Å². The number of aliphatic hydroxyl groups excluding tert-OH is 1. The summed E-state index contributed by atoms with van der Waals surface area (Å²) < 4.78 is 10.9. The van der Waals surface area contributed by atoms with E-state index in [9.17, 15) is 14.7 Å². The highest BCUT2D eigenvalue weighted by Crippen LogP contribution is 2.29. The van der Waals surface area contributed by atoms with E-state index in [0.29, 0.717) is 42.3 Å². The normalized spacial score (nSPS) is 16.5. The van der Waals surface area contributed by atoms with Gasteiger partial charge in [0, 0.05) is 68.4 Å². The van der Waals surface area contributed by atoms with Crippen LogP contribution in [0.5, 0.6) is 11.5 Å². The number of hydrogen-bond acceptors (Lipinski definition) is 7. The standard InChI is InChI=1S/C28H31N3O5.2ClH/c1-35-22-7-4-8-23(17-22)36-19-21(32)18-30-13-11-29(12-14-30)15-16-31-27(33)24-9-2-5-20-6-3-10-25(26(20)24)28(31)34;;/h2-10,17,21,32H,11-16,18-19H2,1H3;2*1H. The van der Waals surface area contributed by atoms with Crippen molar-refractivity contribution in [3.63, 3.8) is 0 Å². The Labute approximate surface area is 234 Å². The molecule has 0 saturated carbocycles. The molecule has 38 heavy (non-hydrogen) atoms. The van der Waals surface area contributed by atoms with Gasteiger partial charge in [0.2, 0.25) is 0 Å². The number of ether oxygens (including phenoxy) is 2. The number of carbonyl (C=O) groups excluding carboxylic acids is 2. The Kier molecular flexibility index (Phi) is 10.4. The van der Waals surface area contributed by atoms with Crippen molar-refractivity contribution in [3.05, 3.63) is 71.8 Å². The molecule has 10 heteroatoms. The van der Waals surface area contributed by atoms with Crippen LogP contribution in [-0.4, -0.2) is 97.3 Å². The smallest absolute Gasteiger partial charge is 0.261 e. The molecule has 2 amide bonds. The number of piperazine rings is 1. The van der Waals surface area contributed by atoms with Crippen molar-refractivity contribution >= 4 is 47.4 Å². The summed E-state index contributed by atoms with van der Waals surface area (Å²) >= 11 is 0. The highest BCUT2D eigenvalue weighted by molar-refractivity contribution is 6.25. The fraction of sp³-hybridized carbons (Fsp3) is 0.357. The Morgan fingerprint density at radius 3 is 2.03 bits per heavy atom. The maximum atomic E-state index is 13.1. The van der Waals surface area contributed by atoms with Gasteiger partial charge in [-0.2, -0.15) is 0 Å². The fourth-order valence-corrected chi connectivity index (χ4v) is 4.95. The van der Waals surface area contributed by atoms with Gasteiger partial charge in [0.05, 0.1) is 7.11 Å². The Balaban J connectivity index is 0.00000200. The van der Waals surface area contributed by atoms with Crippen molar-refractivity contribution in [2.75, 3.05) is 59.5 Å². The number of amides is 2. The molecule has 0 bridgehead atoms. The molecule has 8 nitrogen and oxygen atoms in total. The number of hydrogen-bond donors (Lipinski definition) is 1. The van der Waals surface area contributed by atoms with Crippen LogP contribution in [0.4, 0.5) is 0 Å². The molecule has 0 spiro atoms. The monoisotopic (exact) mass is 561 g/mol. The number of β-amino-alcohol motifs (C(OH)–C–C–N with tert-alkyl or cyclic N) is 1. The predicted octanol–water partition coefficient (Wildman–Crippen LogP) is 3.35. The summed E-state index contributed by atoms with van der Waals surface area (Å²) in [6.07, 6.45) is -0.603. The third-order valence-corrected chi connectivity index (χ3v) is 6.91. The van der Waals surface area contributed by atoms with E-state index in [1.807, 2.05) is 42.5 Å². The van der Waals surface area contributed by atoms with Crippen LogP contribution in [0.15, 0.2) is 60.7 Å². The Hall–Kier alpha value is -2.88. The Morgan fingerprint density at radius 2 is 1.39 bits per heavy atom. The van der Waals surface area contributed by atoms with Gasteiger partial charge < -0.3 is 14.6 Å². The molecule has 0 aliphatic carbocycles. The van der Waals surface area contributed by atoms with Crippen LogP contribution in [0.1, 0.15) is 20.7 Å². The van der Waals surface area contributed by atoms with Gasteiger partial charge in [-0.25, -0.2) is 0 Å². The molecule has 204 valence electrons. The summed E-state index contributed by atoms with van der Waals surface area (Å²) in [7, 11) is 1.61. The first-order valence-corrected chi connectivity index (χ1v) is 12.3. The lowest BCUT2D eigenvalue weighted by Crippen LogP contribution is -2.51. The molecule has 1 fully saturated rings. The van der Waals surface area contributed by atoms with E-state index in [-0.39, 0.29) is 43.2 Å². The van der Waals surface area contributed by atoms with Gasteiger partial charge in [-0.15, -0.1) is 24.8 Å². The van der Waals surface area contributed by atoms with Crippen molar-refractivity contribution < 1.29 is 24.2 Å². The zero-order valence-electron chi connectivity index (χ0n) is 21.2. The number of benzene rings is 3. The number of methoxy groups -OCH3 is 1. The van der Waals surface area contributed by atoms with E-state index in [1.54, 1.807) is 25.3 Å². The van der Waals surface area contributed by atoms with Crippen molar-refractivity contribution in [1.29, 1.82) is 0 Å². The fourth-order valence-electron chi connectivity index (χ4n) is 4.95. The molecule has 5 rings (SSSR count). The average Bonchev–Trinajstić information content (AvgIpc) is 2.91.